The van der Waals surface area contributed by atoms with Crippen LogP contribution in [0.25, 0.3) is 0 Å². The van der Waals surface area contributed by atoms with Gasteiger partial charge < -0.3 is 9.47 Å². The van der Waals surface area contributed by atoms with Crippen molar-refractivity contribution in [3.63, 3.8) is 0 Å². The lowest BCUT2D eigenvalue weighted by Crippen LogP contribution is -2.13. The van der Waals surface area contributed by atoms with Gasteiger partial charge in [-0.15, -0.1) is 5.10 Å². The number of methoxy groups -OCH3 is 1. The molecule has 0 N–H and O–H groups in total. The van der Waals surface area contributed by atoms with E-state index in [1.807, 2.05) is 6.92 Å². The lowest BCUT2D eigenvalue weighted by molar-refractivity contribution is 0.0511. The van der Waals surface area contributed by atoms with Gasteiger partial charge in [-0.1, -0.05) is 0 Å². The summed E-state index contributed by atoms with van der Waals surface area (Å²) >= 11 is 0. The monoisotopic (exact) mass is 213 g/mol. The van der Waals surface area contributed by atoms with Gasteiger partial charge in [0, 0.05) is 7.11 Å². The summed E-state index contributed by atoms with van der Waals surface area (Å²) in [7, 11) is 1.61. The number of hydrogen-bond donors (Lipinski definition) is 0. The Bertz CT molecular complexity index is 324. The summed E-state index contributed by atoms with van der Waals surface area (Å²) < 4.78 is 11.3. The molecule has 1 aromatic rings. The van der Waals surface area contributed by atoms with Crippen molar-refractivity contribution >= 4 is 5.97 Å². The zero-order chi connectivity index (χ0) is 11.3. The van der Waals surface area contributed by atoms with Crippen molar-refractivity contribution in [2.24, 2.45) is 0 Å². The molecule has 0 aromatic carbocycles. The van der Waals surface area contributed by atoms with E-state index in [9.17, 15) is 4.79 Å². The Morgan fingerprint density at radius 1 is 1.67 bits per heavy atom. The standard InChI is InChI=1S/C9H15N3O3/c1-4-15-9(13)8-10-6-12(11-8)7(2)5-14-3/h6-7H,4-5H2,1-3H3. The van der Waals surface area contributed by atoms with Crippen LogP contribution in [0.5, 0.6) is 0 Å². The first-order chi connectivity index (χ1) is 7.19. The van der Waals surface area contributed by atoms with Crippen molar-refractivity contribution in [3.05, 3.63) is 12.2 Å². The molecule has 0 spiro atoms. The smallest absolute Gasteiger partial charge is 0.378 e. The number of rotatable bonds is 5. The number of carbonyl (C=O) groups excluding carboxylic acids is 1. The second-order valence-electron chi connectivity index (χ2n) is 3.07. The molecule has 6 nitrogen and oxygen atoms in total. The van der Waals surface area contributed by atoms with Crippen LogP contribution in [0.15, 0.2) is 6.33 Å². The van der Waals surface area contributed by atoms with E-state index in [0.29, 0.717) is 13.2 Å². The maximum Gasteiger partial charge on any atom is 0.378 e. The van der Waals surface area contributed by atoms with Gasteiger partial charge in [0.2, 0.25) is 0 Å². The largest absolute Gasteiger partial charge is 0.460 e. The maximum absolute atomic E-state index is 11.2. The molecule has 0 fully saturated rings. The molecule has 0 amide bonds. The fourth-order valence-electron chi connectivity index (χ4n) is 1.09. The van der Waals surface area contributed by atoms with Gasteiger partial charge >= 0.3 is 5.97 Å². The number of nitrogens with zero attached hydrogens (tertiary/aromatic N) is 3. The van der Waals surface area contributed by atoms with E-state index in [1.165, 1.54) is 6.33 Å². The van der Waals surface area contributed by atoms with Crippen molar-refractivity contribution in [2.45, 2.75) is 19.9 Å². The van der Waals surface area contributed by atoms with Crippen molar-refractivity contribution < 1.29 is 14.3 Å². The third kappa shape index (κ3) is 3.02. The molecule has 1 atom stereocenters. The van der Waals surface area contributed by atoms with Gasteiger partial charge in [-0.2, -0.15) is 0 Å². The Balaban J connectivity index is 2.67. The van der Waals surface area contributed by atoms with Crippen LogP contribution in [0.1, 0.15) is 30.5 Å². The zero-order valence-electron chi connectivity index (χ0n) is 9.14. The van der Waals surface area contributed by atoms with Crippen molar-refractivity contribution in [3.8, 4) is 0 Å². The van der Waals surface area contributed by atoms with E-state index in [2.05, 4.69) is 10.1 Å². The van der Waals surface area contributed by atoms with E-state index < -0.39 is 5.97 Å². The fraction of sp³-hybridized carbons (Fsp3) is 0.667. The second kappa shape index (κ2) is 5.45. The van der Waals surface area contributed by atoms with Gasteiger partial charge in [0.15, 0.2) is 0 Å². The molecule has 0 saturated carbocycles. The van der Waals surface area contributed by atoms with Crippen molar-refractivity contribution in [1.82, 2.24) is 14.8 Å². The molecule has 0 saturated heterocycles. The van der Waals surface area contributed by atoms with Gasteiger partial charge in [-0.05, 0) is 13.8 Å². The molecule has 84 valence electrons. The number of esters is 1. The first kappa shape index (κ1) is 11.6. The minimum atomic E-state index is -0.499. The van der Waals surface area contributed by atoms with Crippen LogP contribution in [-0.4, -0.2) is 41.1 Å². The number of aromatic nitrogens is 3. The summed E-state index contributed by atoms with van der Waals surface area (Å²) in [6.45, 7) is 4.50. The van der Waals surface area contributed by atoms with Crippen LogP contribution >= 0.6 is 0 Å². The van der Waals surface area contributed by atoms with Gasteiger partial charge in [0.25, 0.3) is 5.82 Å². The average Bonchev–Trinajstić information content (AvgIpc) is 2.67. The van der Waals surface area contributed by atoms with Crippen LogP contribution < -0.4 is 0 Å². The second-order valence-corrected chi connectivity index (χ2v) is 3.07. The zero-order valence-corrected chi connectivity index (χ0v) is 9.14. The molecule has 0 radical (unpaired) electrons. The Labute approximate surface area is 88.2 Å². The Hall–Kier alpha value is -1.43. The summed E-state index contributed by atoms with van der Waals surface area (Å²) in [5, 5.41) is 4.00. The third-order valence-corrected chi connectivity index (χ3v) is 1.83. The third-order valence-electron chi connectivity index (χ3n) is 1.83. The summed E-state index contributed by atoms with van der Waals surface area (Å²) in [5.74, 6) is -0.416. The minimum absolute atomic E-state index is 0.0469. The highest BCUT2D eigenvalue weighted by atomic mass is 16.5. The lowest BCUT2D eigenvalue weighted by atomic mass is 10.4. The first-order valence-corrected chi connectivity index (χ1v) is 4.76. The Morgan fingerprint density at radius 3 is 3.00 bits per heavy atom. The highest BCUT2D eigenvalue weighted by Crippen LogP contribution is 2.04. The summed E-state index contributed by atoms with van der Waals surface area (Å²) in [6.07, 6.45) is 1.50. The van der Waals surface area contributed by atoms with Crippen LogP contribution in [0.2, 0.25) is 0 Å². The Morgan fingerprint density at radius 2 is 2.40 bits per heavy atom. The van der Waals surface area contributed by atoms with Crippen molar-refractivity contribution in [2.75, 3.05) is 20.3 Å². The van der Waals surface area contributed by atoms with Gasteiger partial charge in [0.1, 0.15) is 6.33 Å². The van der Waals surface area contributed by atoms with E-state index >= 15 is 0 Å². The van der Waals surface area contributed by atoms with Crippen LogP contribution in [-0.2, 0) is 9.47 Å². The molecule has 0 bridgehead atoms. The van der Waals surface area contributed by atoms with E-state index in [0.717, 1.165) is 0 Å². The van der Waals surface area contributed by atoms with Gasteiger partial charge in [-0.3, -0.25) is 0 Å². The highest BCUT2D eigenvalue weighted by Gasteiger charge is 2.14. The molecule has 0 aliphatic rings. The fourth-order valence-corrected chi connectivity index (χ4v) is 1.09. The quantitative estimate of drug-likeness (QED) is 0.672. The summed E-state index contributed by atoms with van der Waals surface area (Å²) in [4.78, 5) is 15.1. The lowest BCUT2D eigenvalue weighted by Gasteiger charge is -2.08. The van der Waals surface area contributed by atoms with Crippen LogP contribution in [0, 0.1) is 0 Å². The molecule has 6 heteroatoms. The van der Waals surface area contributed by atoms with Gasteiger partial charge in [-0.25, -0.2) is 14.5 Å². The summed E-state index contributed by atoms with van der Waals surface area (Å²) in [5.41, 5.74) is 0. The molecule has 0 aliphatic carbocycles. The number of ether oxygens (including phenoxy) is 2. The molecular formula is C9H15N3O3. The number of carbonyl (C=O) groups is 1. The number of hydrogen-bond acceptors (Lipinski definition) is 5. The highest BCUT2D eigenvalue weighted by molar-refractivity contribution is 5.84. The summed E-state index contributed by atoms with van der Waals surface area (Å²) in [6, 6.07) is 0.0469. The average molecular weight is 213 g/mol. The first-order valence-electron chi connectivity index (χ1n) is 4.76. The molecule has 0 aliphatic heterocycles. The predicted molar refractivity (Wildman–Crippen MR) is 52.6 cm³/mol. The van der Waals surface area contributed by atoms with Crippen LogP contribution in [0.4, 0.5) is 0 Å². The maximum atomic E-state index is 11.2. The van der Waals surface area contributed by atoms with E-state index in [1.54, 1.807) is 18.7 Å². The normalized spacial score (nSPS) is 12.5. The Kier molecular flexibility index (Phi) is 4.23. The molecule has 1 aromatic heterocycles. The van der Waals surface area contributed by atoms with Crippen molar-refractivity contribution in [1.29, 1.82) is 0 Å². The SMILES string of the molecule is CCOC(=O)c1ncn(C(C)COC)n1. The molecule has 15 heavy (non-hydrogen) atoms. The van der Waals surface area contributed by atoms with Gasteiger partial charge in [0.05, 0.1) is 19.3 Å². The van der Waals surface area contributed by atoms with Crippen LogP contribution in [0.3, 0.4) is 0 Å². The topological polar surface area (TPSA) is 66.2 Å². The molecular weight excluding hydrogens is 198 g/mol. The molecule has 1 heterocycles. The van der Waals surface area contributed by atoms with E-state index in [4.69, 9.17) is 9.47 Å². The van der Waals surface area contributed by atoms with E-state index in [-0.39, 0.29) is 11.9 Å². The minimum Gasteiger partial charge on any atom is -0.460 e. The molecule has 1 rings (SSSR count). The molecule has 1 unspecified atom stereocenters. The predicted octanol–water partition coefficient (Wildman–Crippen LogP) is 0.662.